The molecule has 0 aromatic rings. The van der Waals surface area contributed by atoms with E-state index in [1.807, 2.05) is 7.05 Å². The van der Waals surface area contributed by atoms with E-state index in [9.17, 15) is 0 Å². The van der Waals surface area contributed by atoms with Crippen LogP contribution in [-0.2, 0) is 4.74 Å². The zero-order valence-corrected chi connectivity index (χ0v) is 8.38. The first kappa shape index (κ1) is 10.6. The van der Waals surface area contributed by atoms with Crippen molar-refractivity contribution in [1.29, 1.82) is 0 Å². The van der Waals surface area contributed by atoms with E-state index in [0.29, 0.717) is 12.1 Å². The van der Waals surface area contributed by atoms with Gasteiger partial charge in [0.05, 0.1) is 12.7 Å². The molecule has 2 nitrogen and oxygen atoms in total. The van der Waals surface area contributed by atoms with Gasteiger partial charge in [-0.2, -0.15) is 0 Å². The summed E-state index contributed by atoms with van der Waals surface area (Å²) in [6.07, 6.45) is 11.2. The molecular formula is C11H19NO. The lowest BCUT2D eigenvalue weighted by atomic mass is 9.93. The summed E-state index contributed by atoms with van der Waals surface area (Å²) < 4.78 is 5.65. The summed E-state index contributed by atoms with van der Waals surface area (Å²) in [5.41, 5.74) is 0. The lowest BCUT2D eigenvalue weighted by molar-refractivity contribution is 0.0264. The zero-order chi connectivity index (χ0) is 9.52. The standard InChI is InChI=1S/C11H19NO/c1-3-4-9-13-11-7-5-10(12-2)6-8-11/h1,10-12H,4-9H2,2H3. The van der Waals surface area contributed by atoms with Gasteiger partial charge in [-0.25, -0.2) is 0 Å². The topological polar surface area (TPSA) is 21.3 Å². The van der Waals surface area contributed by atoms with Gasteiger partial charge in [0.25, 0.3) is 0 Å². The van der Waals surface area contributed by atoms with Crippen molar-refractivity contribution in [3.8, 4) is 12.3 Å². The summed E-state index contributed by atoms with van der Waals surface area (Å²) in [5, 5.41) is 3.30. The highest BCUT2D eigenvalue weighted by molar-refractivity contribution is 4.83. The summed E-state index contributed by atoms with van der Waals surface area (Å²) in [6, 6.07) is 0.701. The predicted molar refractivity (Wildman–Crippen MR) is 54.5 cm³/mol. The Morgan fingerprint density at radius 1 is 1.38 bits per heavy atom. The molecule has 0 unspecified atom stereocenters. The number of rotatable bonds is 4. The monoisotopic (exact) mass is 181 g/mol. The third-order valence-electron chi connectivity index (χ3n) is 2.68. The van der Waals surface area contributed by atoms with E-state index >= 15 is 0 Å². The Morgan fingerprint density at radius 3 is 2.62 bits per heavy atom. The minimum Gasteiger partial charge on any atom is -0.377 e. The van der Waals surface area contributed by atoms with Crippen LogP contribution in [0.15, 0.2) is 0 Å². The van der Waals surface area contributed by atoms with Crippen molar-refractivity contribution in [3.63, 3.8) is 0 Å². The molecule has 1 saturated carbocycles. The van der Waals surface area contributed by atoms with Crippen LogP contribution in [0.2, 0.25) is 0 Å². The Labute approximate surface area is 81.0 Å². The molecule has 0 bridgehead atoms. The maximum absolute atomic E-state index is 5.65. The van der Waals surface area contributed by atoms with Crippen molar-refractivity contribution in [2.75, 3.05) is 13.7 Å². The van der Waals surface area contributed by atoms with Crippen LogP contribution in [0, 0.1) is 12.3 Å². The Morgan fingerprint density at radius 2 is 2.08 bits per heavy atom. The summed E-state index contributed by atoms with van der Waals surface area (Å²) >= 11 is 0. The van der Waals surface area contributed by atoms with Crippen LogP contribution in [0.25, 0.3) is 0 Å². The van der Waals surface area contributed by atoms with E-state index < -0.39 is 0 Å². The Kier molecular flexibility index (Phi) is 4.88. The molecule has 13 heavy (non-hydrogen) atoms. The van der Waals surface area contributed by atoms with E-state index in [2.05, 4.69) is 11.2 Å². The second kappa shape index (κ2) is 6.01. The minimum absolute atomic E-state index is 0.456. The Bertz CT molecular complexity index is 165. The Hall–Kier alpha value is -0.520. The molecule has 0 atom stereocenters. The fourth-order valence-corrected chi connectivity index (χ4v) is 1.80. The maximum atomic E-state index is 5.65. The van der Waals surface area contributed by atoms with Crippen LogP contribution >= 0.6 is 0 Å². The highest BCUT2D eigenvalue weighted by atomic mass is 16.5. The molecule has 0 aromatic carbocycles. The van der Waals surface area contributed by atoms with Crippen LogP contribution in [0.4, 0.5) is 0 Å². The normalized spacial score (nSPS) is 28.3. The van der Waals surface area contributed by atoms with E-state index in [1.54, 1.807) is 0 Å². The fraction of sp³-hybridized carbons (Fsp3) is 0.818. The lowest BCUT2D eigenvalue weighted by Crippen LogP contribution is -2.33. The van der Waals surface area contributed by atoms with E-state index in [-0.39, 0.29) is 0 Å². The van der Waals surface area contributed by atoms with E-state index in [4.69, 9.17) is 11.2 Å². The smallest absolute Gasteiger partial charge is 0.0579 e. The summed E-state index contributed by atoms with van der Waals surface area (Å²) in [4.78, 5) is 0. The van der Waals surface area contributed by atoms with Gasteiger partial charge in [-0.15, -0.1) is 12.3 Å². The van der Waals surface area contributed by atoms with Crippen molar-refractivity contribution in [2.45, 2.75) is 44.2 Å². The first-order valence-corrected chi connectivity index (χ1v) is 5.09. The van der Waals surface area contributed by atoms with Gasteiger partial charge in [-0.1, -0.05) is 0 Å². The van der Waals surface area contributed by atoms with Crippen molar-refractivity contribution in [1.82, 2.24) is 5.32 Å². The highest BCUT2D eigenvalue weighted by Crippen LogP contribution is 2.20. The average Bonchev–Trinajstić information content (AvgIpc) is 2.19. The van der Waals surface area contributed by atoms with Gasteiger partial charge in [0, 0.05) is 12.5 Å². The maximum Gasteiger partial charge on any atom is 0.0579 e. The molecule has 1 rings (SSSR count). The van der Waals surface area contributed by atoms with Gasteiger partial charge in [0.2, 0.25) is 0 Å². The van der Waals surface area contributed by atoms with Crippen LogP contribution in [0.3, 0.4) is 0 Å². The van der Waals surface area contributed by atoms with Gasteiger partial charge < -0.3 is 10.1 Å². The number of hydrogen-bond acceptors (Lipinski definition) is 2. The zero-order valence-electron chi connectivity index (χ0n) is 8.38. The molecule has 0 heterocycles. The number of hydrogen-bond donors (Lipinski definition) is 1. The van der Waals surface area contributed by atoms with Gasteiger partial charge in [0.1, 0.15) is 0 Å². The number of nitrogens with one attached hydrogen (secondary N) is 1. The minimum atomic E-state index is 0.456. The number of ether oxygens (including phenoxy) is 1. The first-order chi connectivity index (χ1) is 6.36. The van der Waals surface area contributed by atoms with Gasteiger partial charge in [0.15, 0.2) is 0 Å². The van der Waals surface area contributed by atoms with Gasteiger partial charge in [-0.3, -0.25) is 0 Å². The molecule has 2 heteroatoms. The van der Waals surface area contributed by atoms with Crippen LogP contribution in [0.5, 0.6) is 0 Å². The van der Waals surface area contributed by atoms with Gasteiger partial charge in [-0.05, 0) is 32.7 Å². The SMILES string of the molecule is C#CCCOC1CCC(NC)CC1. The fourth-order valence-electron chi connectivity index (χ4n) is 1.80. The molecule has 0 radical (unpaired) electrons. The van der Waals surface area contributed by atoms with Crippen LogP contribution < -0.4 is 5.32 Å². The first-order valence-electron chi connectivity index (χ1n) is 5.09. The molecule has 74 valence electrons. The Balaban J connectivity index is 2.07. The number of terminal acetylenes is 1. The highest BCUT2D eigenvalue weighted by Gasteiger charge is 2.19. The van der Waals surface area contributed by atoms with Crippen molar-refractivity contribution in [3.05, 3.63) is 0 Å². The third-order valence-corrected chi connectivity index (χ3v) is 2.68. The third kappa shape index (κ3) is 3.80. The molecule has 0 aromatic heterocycles. The molecule has 0 amide bonds. The van der Waals surface area contributed by atoms with Crippen molar-refractivity contribution >= 4 is 0 Å². The molecule has 0 saturated heterocycles. The van der Waals surface area contributed by atoms with Gasteiger partial charge >= 0.3 is 0 Å². The summed E-state index contributed by atoms with van der Waals surface area (Å²) in [6.45, 7) is 0.728. The second-order valence-electron chi connectivity index (χ2n) is 3.59. The molecule has 0 spiro atoms. The second-order valence-corrected chi connectivity index (χ2v) is 3.59. The quantitative estimate of drug-likeness (QED) is 0.525. The lowest BCUT2D eigenvalue weighted by Gasteiger charge is -2.28. The van der Waals surface area contributed by atoms with Crippen LogP contribution in [-0.4, -0.2) is 25.8 Å². The van der Waals surface area contributed by atoms with Crippen molar-refractivity contribution in [2.24, 2.45) is 0 Å². The summed E-state index contributed by atoms with van der Waals surface area (Å²) in [7, 11) is 2.03. The van der Waals surface area contributed by atoms with Crippen LogP contribution in [0.1, 0.15) is 32.1 Å². The molecule has 1 aliphatic rings. The molecular weight excluding hydrogens is 162 g/mol. The van der Waals surface area contributed by atoms with Crippen molar-refractivity contribution < 1.29 is 4.74 Å². The average molecular weight is 181 g/mol. The van der Waals surface area contributed by atoms with E-state index in [1.165, 1.54) is 25.7 Å². The molecule has 1 N–H and O–H groups in total. The predicted octanol–water partition coefficient (Wildman–Crippen LogP) is 1.56. The van der Waals surface area contributed by atoms with E-state index in [0.717, 1.165) is 13.0 Å². The molecule has 1 aliphatic carbocycles. The summed E-state index contributed by atoms with van der Waals surface area (Å²) in [5.74, 6) is 2.59. The largest absolute Gasteiger partial charge is 0.377 e. The molecule has 1 fully saturated rings. The molecule has 0 aliphatic heterocycles.